The number of rotatable bonds is 7. The van der Waals surface area contributed by atoms with Crippen molar-refractivity contribution in [3.05, 3.63) is 47.7 Å². The first-order valence-electron chi connectivity index (χ1n) is 7.42. The molecule has 0 spiro atoms. The van der Waals surface area contributed by atoms with Gasteiger partial charge in [0, 0.05) is 23.6 Å². The van der Waals surface area contributed by atoms with Gasteiger partial charge in [0.1, 0.15) is 5.75 Å². The van der Waals surface area contributed by atoms with Crippen LogP contribution < -0.4 is 10.1 Å². The van der Waals surface area contributed by atoms with Crippen molar-refractivity contribution in [2.45, 2.75) is 11.8 Å². The van der Waals surface area contributed by atoms with Crippen LogP contribution in [0.2, 0.25) is 5.02 Å². The molecule has 140 valence electrons. The van der Waals surface area contributed by atoms with Gasteiger partial charge in [-0.3, -0.25) is 9.78 Å². The lowest BCUT2D eigenvalue weighted by molar-refractivity contribution is -0.113. The number of anilines is 1. The Morgan fingerprint density at radius 3 is 2.74 bits per heavy atom. The highest BCUT2D eigenvalue weighted by Crippen LogP contribution is 2.29. The maximum Gasteiger partial charge on any atom is 0.387 e. The highest BCUT2D eigenvalue weighted by atomic mass is 35.5. The van der Waals surface area contributed by atoms with E-state index in [1.165, 1.54) is 18.2 Å². The third kappa shape index (κ3) is 5.38. The number of hydrogen-bond donors (Lipinski definition) is 1. The van der Waals surface area contributed by atoms with Crippen molar-refractivity contribution in [1.82, 2.24) is 15.2 Å². The molecule has 0 radical (unpaired) electrons. The van der Waals surface area contributed by atoms with Crippen LogP contribution in [0.1, 0.15) is 0 Å². The highest BCUT2D eigenvalue weighted by molar-refractivity contribution is 7.99. The molecule has 0 aliphatic carbocycles. The number of aromatic nitrogens is 3. The quantitative estimate of drug-likeness (QED) is 0.584. The Morgan fingerprint density at radius 2 is 2.04 bits per heavy atom. The first-order valence-corrected chi connectivity index (χ1v) is 8.78. The lowest BCUT2D eigenvalue weighted by atomic mass is 10.3. The van der Waals surface area contributed by atoms with E-state index in [9.17, 15) is 13.6 Å². The Hall–Kier alpha value is -2.72. The van der Waals surface area contributed by atoms with E-state index in [1.807, 2.05) is 0 Å². The van der Waals surface area contributed by atoms with Crippen molar-refractivity contribution in [3.63, 3.8) is 0 Å². The summed E-state index contributed by atoms with van der Waals surface area (Å²) in [4.78, 5) is 15.9. The van der Waals surface area contributed by atoms with Crippen LogP contribution >= 0.6 is 23.4 Å². The lowest BCUT2D eigenvalue weighted by Crippen LogP contribution is -2.14. The minimum Gasteiger partial charge on any atom is -0.433 e. The number of alkyl halides is 2. The molecule has 0 bridgehead atoms. The van der Waals surface area contributed by atoms with E-state index in [-0.39, 0.29) is 27.7 Å². The summed E-state index contributed by atoms with van der Waals surface area (Å²) in [5.41, 5.74) is 1.06. The van der Waals surface area contributed by atoms with Gasteiger partial charge < -0.3 is 14.5 Å². The van der Waals surface area contributed by atoms with Crippen LogP contribution in [0.25, 0.3) is 11.5 Å². The van der Waals surface area contributed by atoms with E-state index in [4.69, 9.17) is 16.0 Å². The molecule has 0 atom stereocenters. The van der Waals surface area contributed by atoms with Crippen LogP contribution in [-0.2, 0) is 4.79 Å². The number of halogens is 3. The molecular formula is C16H11ClF2N4O3S. The Kier molecular flexibility index (Phi) is 6.20. The number of nitrogens with zero attached hydrogens (tertiary/aromatic N) is 3. The van der Waals surface area contributed by atoms with Crippen molar-refractivity contribution in [2.24, 2.45) is 0 Å². The second kappa shape index (κ2) is 8.78. The first kappa shape index (κ1) is 19.1. The number of carbonyl (C=O) groups excluding carboxylic acids is 1. The van der Waals surface area contributed by atoms with Crippen molar-refractivity contribution in [1.29, 1.82) is 0 Å². The number of pyridine rings is 1. The highest BCUT2D eigenvalue weighted by Gasteiger charge is 2.13. The van der Waals surface area contributed by atoms with Gasteiger partial charge in [-0.05, 0) is 30.3 Å². The topological polar surface area (TPSA) is 90.1 Å². The summed E-state index contributed by atoms with van der Waals surface area (Å²) in [5.74, 6) is -0.206. The fraction of sp³-hybridized carbons (Fsp3) is 0.125. The van der Waals surface area contributed by atoms with E-state index in [0.717, 1.165) is 17.3 Å². The molecule has 3 aromatic rings. The van der Waals surface area contributed by atoms with Crippen LogP contribution in [0.3, 0.4) is 0 Å². The summed E-state index contributed by atoms with van der Waals surface area (Å²) >= 11 is 6.89. The number of nitrogens with one attached hydrogen (secondary N) is 1. The molecule has 0 aliphatic rings. The van der Waals surface area contributed by atoms with E-state index in [0.29, 0.717) is 11.6 Å². The number of thioether (sulfide) groups is 1. The average Bonchev–Trinajstić information content (AvgIpc) is 3.12. The fourth-order valence-electron chi connectivity index (χ4n) is 1.97. The van der Waals surface area contributed by atoms with Crippen LogP contribution in [0.5, 0.6) is 5.75 Å². The summed E-state index contributed by atoms with van der Waals surface area (Å²) < 4.78 is 34.1. The van der Waals surface area contributed by atoms with E-state index in [1.54, 1.807) is 24.5 Å². The predicted octanol–water partition coefficient (Wildman–Crippen LogP) is 4.12. The summed E-state index contributed by atoms with van der Waals surface area (Å²) in [6.07, 6.45) is 3.20. The van der Waals surface area contributed by atoms with Crippen molar-refractivity contribution in [2.75, 3.05) is 11.1 Å². The Morgan fingerprint density at radius 1 is 1.26 bits per heavy atom. The largest absolute Gasteiger partial charge is 0.433 e. The predicted molar refractivity (Wildman–Crippen MR) is 95.0 cm³/mol. The lowest BCUT2D eigenvalue weighted by Gasteiger charge is -2.09. The van der Waals surface area contributed by atoms with Crippen molar-refractivity contribution < 1.29 is 22.7 Å². The minimum atomic E-state index is -2.98. The van der Waals surface area contributed by atoms with E-state index < -0.39 is 6.61 Å². The minimum absolute atomic E-state index is 0.00484. The number of carbonyl (C=O) groups is 1. The van der Waals surface area contributed by atoms with Gasteiger partial charge in [0.2, 0.25) is 11.8 Å². The second-order valence-electron chi connectivity index (χ2n) is 4.97. The Bertz CT molecular complexity index is 927. The number of benzene rings is 1. The zero-order valence-corrected chi connectivity index (χ0v) is 15.0. The Balaban J connectivity index is 1.54. The molecule has 0 aliphatic heterocycles. The van der Waals surface area contributed by atoms with Gasteiger partial charge in [-0.1, -0.05) is 23.4 Å². The maximum absolute atomic E-state index is 12.2. The Labute approximate surface area is 161 Å². The molecule has 11 heteroatoms. The van der Waals surface area contributed by atoms with Crippen LogP contribution in [0, 0.1) is 0 Å². The van der Waals surface area contributed by atoms with Gasteiger partial charge in [-0.25, -0.2) is 0 Å². The summed E-state index contributed by atoms with van der Waals surface area (Å²) in [6, 6.07) is 7.41. The number of hydrogen-bond acceptors (Lipinski definition) is 7. The zero-order chi connectivity index (χ0) is 19.2. The molecule has 0 unspecified atom stereocenters. The third-order valence-corrected chi connectivity index (χ3v) is 4.21. The molecule has 0 fully saturated rings. The van der Waals surface area contributed by atoms with Gasteiger partial charge in [0.25, 0.3) is 5.22 Å². The average molecular weight is 413 g/mol. The summed E-state index contributed by atoms with van der Waals surface area (Å²) in [5, 5.41) is 10.5. The molecule has 2 aromatic heterocycles. The third-order valence-electron chi connectivity index (χ3n) is 3.09. The molecule has 1 aromatic carbocycles. The molecule has 27 heavy (non-hydrogen) atoms. The number of ether oxygens (including phenoxy) is 1. The fourth-order valence-corrected chi connectivity index (χ4v) is 2.76. The molecule has 0 saturated carbocycles. The molecule has 3 rings (SSSR count). The van der Waals surface area contributed by atoms with Crippen LogP contribution in [-0.4, -0.2) is 33.5 Å². The molecule has 1 amide bonds. The first-order chi connectivity index (χ1) is 13.0. The standard InChI is InChI=1S/C16H11ClF2N4O3S/c17-11-7-10(1-2-12(11)25-15(18)19)21-13(24)8-27-16-23-22-14(26-16)9-3-5-20-6-4-9/h1-7,15H,8H2,(H,21,24). The zero-order valence-electron chi connectivity index (χ0n) is 13.4. The second-order valence-corrected chi connectivity index (χ2v) is 6.30. The summed E-state index contributed by atoms with van der Waals surface area (Å²) in [6.45, 7) is -2.98. The summed E-state index contributed by atoms with van der Waals surface area (Å²) in [7, 11) is 0. The monoisotopic (exact) mass is 412 g/mol. The number of amides is 1. The van der Waals surface area contributed by atoms with Crippen molar-refractivity contribution >= 4 is 35.0 Å². The smallest absolute Gasteiger partial charge is 0.387 e. The van der Waals surface area contributed by atoms with Gasteiger partial charge in [0.15, 0.2) is 0 Å². The molecule has 0 saturated heterocycles. The van der Waals surface area contributed by atoms with Gasteiger partial charge in [-0.15, -0.1) is 10.2 Å². The van der Waals surface area contributed by atoms with Crippen LogP contribution in [0.4, 0.5) is 14.5 Å². The van der Waals surface area contributed by atoms with Crippen LogP contribution in [0.15, 0.2) is 52.4 Å². The molecule has 1 N–H and O–H groups in total. The van der Waals surface area contributed by atoms with Crippen molar-refractivity contribution in [3.8, 4) is 17.2 Å². The van der Waals surface area contributed by atoms with Gasteiger partial charge in [0.05, 0.1) is 10.8 Å². The van der Waals surface area contributed by atoms with E-state index >= 15 is 0 Å². The maximum atomic E-state index is 12.2. The molecular weight excluding hydrogens is 402 g/mol. The normalized spacial score (nSPS) is 10.8. The van der Waals surface area contributed by atoms with Gasteiger partial charge in [-0.2, -0.15) is 8.78 Å². The SMILES string of the molecule is O=C(CSc1nnc(-c2ccncc2)o1)Nc1ccc(OC(F)F)c(Cl)c1. The molecule has 2 heterocycles. The van der Waals surface area contributed by atoms with Gasteiger partial charge >= 0.3 is 6.61 Å². The molecule has 7 nitrogen and oxygen atoms in total. The van der Waals surface area contributed by atoms with E-state index in [2.05, 4.69) is 25.2 Å².